The SMILES string of the molecule is [2H]c1c([2H])c([2H])c(-c2ccc(-c3ccc(N(c4ccc5sc6ccccc6c5c4)c4cccc5c4sc4c(-c6ccccc6)cccc45)cc3)c3ccccc23)c([2H])c1[2H]. The van der Waals surface area contributed by atoms with Crippen LogP contribution in [0.5, 0.6) is 0 Å². The van der Waals surface area contributed by atoms with E-state index >= 15 is 0 Å². The van der Waals surface area contributed by atoms with Crippen molar-refractivity contribution in [3.05, 3.63) is 200 Å². The van der Waals surface area contributed by atoms with Crippen LogP contribution >= 0.6 is 22.7 Å². The molecule has 0 aliphatic rings. The Morgan fingerprint density at radius 2 is 0.964 bits per heavy atom. The molecule has 258 valence electrons. The van der Waals surface area contributed by atoms with Crippen LogP contribution in [-0.2, 0) is 0 Å². The van der Waals surface area contributed by atoms with Crippen LogP contribution in [0.1, 0.15) is 6.85 Å². The van der Waals surface area contributed by atoms with Crippen molar-refractivity contribution in [2.75, 3.05) is 4.90 Å². The summed E-state index contributed by atoms with van der Waals surface area (Å²) in [5, 5.41) is 6.70. The highest BCUT2D eigenvalue weighted by atomic mass is 32.1. The van der Waals surface area contributed by atoms with Crippen molar-refractivity contribution in [3.63, 3.8) is 0 Å². The lowest BCUT2D eigenvalue weighted by atomic mass is 9.92. The van der Waals surface area contributed by atoms with E-state index in [1.54, 1.807) is 0 Å². The van der Waals surface area contributed by atoms with Crippen LogP contribution in [0.25, 0.3) is 84.5 Å². The quantitative estimate of drug-likeness (QED) is 0.164. The summed E-state index contributed by atoms with van der Waals surface area (Å²) < 4.78 is 47.2. The average Bonchev–Trinajstić information content (AvgIpc) is 3.87. The van der Waals surface area contributed by atoms with Crippen LogP contribution < -0.4 is 4.90 Å². The average molecular weight is 741 g/mol. The Kier molecular flexibility index (Phi) is 6.46. The molecule has 0 spiro atoms. The fraction of sp³-hybridized carbons (Fsp3) is 0. The number of nitrogens with zero attached hydrogens (tertiary/aromatic N) is 1. The van der Waals surface area contributed by atoms with E-state index in [-0.39, 0.29) is 29.7 Å². The van der Waals surface area contributed by atoms with E-state index in [1.807, 2.05) is 59.1 Å². The molecule has 0 saturated heterocycles. The van der Waals surface area contributed by atoms with Gasteiger partial charge in [-0.1, -0.05) is 158 Å². The Morgan fingerprint density at radius 1 is 0.364 bits per heavy atom. The summed E-state index contributed by atoms with van der Waals surface area (Å²) in [6.45, 7) is 0. The van der Waals surface area contributed by atoms with Crippen LogP contribution in [0.15, 0.2) is 200 Å². The van der Waals surface area contributed by atoms with Crippen molar-refractivity contribution < 1.29 is 6.85 Å². The third kappa shape index (κ3) is 5.35. The predicted octanol–water partition coefficient (Wildman–Crippen LogP) is 16.0. The summed E-state index contributed by atoms with van der Waals surface area (Å²) in [5.74, 6) is 0. The summed E-state index contributed by atoms with van der Waals surface area (Å²) >= 11 is 3.66. The zero-order valence-corrected chi connectivity index (χ0v) is 31.1. The summed E-state index contributed by atoms with van der Waals surface area (Å²) in [6.07, 6.45) is 0. The predicted molar refractivity (Wildman–Crippen MR) is 241 cm³/mol. The largest absolute Gasteiger partial charge is 0.309 e. The van der Waals surface area contributed by atoms with Gasteiger partial charge in [0.15, 0.2) is 0 Å². The molecule has 0 aliphatic carbocycles. The lowest BCUT2D eigenvalue weighted by Gasteiger charge is -2.26. The summed E-state index contributed by atoms with van der Waals surface area (Å²) in [5.41, 5.74) is 8.44. The molecule has 0 radical (unpaired) electrons. The highest BCUT2D eigenvalue weighted by Crippen LogP contribution is 2.48. The lowest BCUT2D eigenvalue weighted by molar-refractivity contribution is 1.31. The highest BCUT2D eigenvalue weighted by Gasteiger charge is 2.21. The van der Waals surface area contributed by atoms with Gasteiger partial charge >= 0.3 is 0 Å². The number of anilines is 3. The second-order valence-electron chi connectivity index (χ2n) is 13.7. The van der Waals surface area contributed by atoms with E-state index in [4.69, 9.17) is 6.85 Å². The Balaban J connectivity index is 1.09. The van der Waals surface area contributed by atoms with Gasteiger partial charge in [-0.2, -0.15) is 0 Å². The fourth-order valence-corrected chi connectivity index (χ4v) is 10.5. The normalized spacial score (nSPS) is 12.9. The minimum absolute atomic E-state index is 0.205. The summed E-state index contributed by atoms with van der Waals surface area (Å²) in [7, 11) is 0. The van der Waals surface area contributed by atoms with Crippen LogP contribution in [0.4, 0.5) is 17.1 Å². The molecule has 9 aromatic carbocycles. The molecule has 3 heteroatoms. The molecule has 0 aliphatic heterocycles. The van der Waals surface area contributed by atoms with Crippen molar-refractivity contribution in [3.8, 4) is 33.4 Å². The maximum Gasteiger partial charge on any atom is 0.0640 e. The van der Waals surface area contributed by atoms with Crippen molar-refractivity contribution >= 4 is 90.9 Å². The number of hydrogen-bond donors (Lipinski definition) is 0. The lowest BCUT2D eigenvalue weighted by Crippen LogP contribution is -2.10. The first-order valence-corrected chi connectivity index (χ1v) is 19.9. The zero-order valence-electron chi connectivity index (χ0n) is 34.4. The Bertz CT molecular complexity index is 3470. The molecule has 0 atom stereocenters. The topological polar surface area (TPSA) is 3.24 Å². The third-order valence-corrected chi connectivity index (χ3v) is 13.0. The van der Waals surface area contributed by atoms with Crippen LogP contribution in [0.3, 0.4) is 0 Å². The van der Waals surface area contributed by atoms with Crippen molar-refractivity contribution in [1.82, 2.24) is 0 Å². The smallest absolute Gasteiger partial charge is 0.0640 e. The second-order valence-corrected chi connectivity index (χ2v) is 15.8. The van der Waals surface area contributed by atoms with E-state index in [1.165, 1.54) is 51.5 Å². The molecule has 11 rings (SSSR count). The summed E-state index contributed by atoms with van der Waals surface area (Å²) in [6, 6.07) is 58.3. The Labute approximate surface area is 334 Å². The van der Waals surface area contributed by atoms with Gasteiger partial charge in [0.25, 0.3) is 0 Å². The van der Waals surface area contributed by atoms with Gasteiger partial charge in [0.2, 0.25) is 0 Å². The van der Waals surface area contributed by atoms with E-state index in [0.717, 1.165) is 39.0 Å². The highest BCUT2D eigenvalue weighted by molar-refractivity contribution is 7.27. The van der Waals surface area contributed by atoms with Gasteiger partial charge in [-0.05, 0) is 86.6 Å². The molecule has 2 aromatic heterocycles. The monoisotopic (exact) mass is 740 g/mol. The van der Waals surface area contributed by atoms with E-state index in [2.05, 4.69) is 138 Å². The maximum absolute atomic E-state index is 8.70. The molecule has 0 amide bonds. The number of fused-ring (bicyclic) bond motifs is 7. The van der Waals surface area contributed by atoms with Crippen molar-refractivity contribution in [2.45, 2.75) is 0 Å². The van der Waals surface area contributed by atoms with Crippen molar-refractivity contribution in [2.24, 2.45) is 0 Å². The first kappa shape index (κ1) is 27.1. The standard InChI is InChI=1S/C52H33NS2/c1-3-13-34(14-4-1)39-30-31-40(43-18-8-7-17-42(39)43)36-25-27-37(28-26-36)53(38-29-32-50-47(33-38)44-19-9-10-24-49(44)54-50)48-23-12-22-46-45-21-11-20-41(51(45)55-52(46)48)35-15-5-2-6-16-35/h1-33H/i1D,3D,4D,13D,14D. The molecule has 2 heterocycles. The Morgan fingerprint density at radius 3 is 1.75 bits per heavy atom. The molecule has 0 N–H and O–H groups in total. The zero-order chi connectivity index (χ0) is 40.6. The van der Waals surface area contributed by atoms with Crippen LogP contribution in [-0.4, -0.2) is 0 Å². The minimum Gasteiger partial charge on any atom is -0.309 e. The van der Waals surface area contributed by atoms with Gasteiger partial charge in [0, 0.05) is 47.0 Å². The van der Waals surface area contributed by atoms with Crippen molar-refractivity contribution in [1.29, 1.82) is 0 Å². The molecule has 55 heavy (non-hydrogen) atoms. The maximum atomic E-state index is 8.70. The summed E-state index contributed by atoms with van der Waals surface area (Å²) in [4.78, 5) is 2.38. The fourth-order valence-electron chi connectivity index (χ4n) is 8.05. The second kappa shape index (κ2) is 13.1. The molecule has 11 aromatic rings. The molecular formula is C52H33NS2. The number of hydrogen-bond acceptors (Lipinski definition) is 3. The minimum atomic E-state index is -0.395. The first-order chi connectivity index (χ1) is 29.4. The Hall–Kier alpha value is -6.52. The van der Waals surface area contributed by atoms with Crippen LogP contribution in [0, 0.1) is 0 Å². The van der Waals surface area contributed by atoms with E-state index in [9.17, 15) is 0 Å². The van der Waals surface area contributed by atoms with Gasteiger partial charge in [0.05, 0.1) is 17.2 Å². The van der Waals surface area contributed by atoms with Gasteiger partial charge < -0.3 is 4.90 Å². The van der Waals surface area contributed by atoms with Gasteiger partial charge in [-0.3, -0.25) is 0 Å². The molecule has 0 saturated carbocycles. The van der Waals surface area contributed by atoms with Crippen LogP contribution in [0.2, 0.25) is 0 Å². The van der Waals surface area contributed by atoms with Gasteiger partial charge in [-0.15, -0.1) is 22.7 Å². The molecular weight excluding hydrogens is 703 g/mol. The van der Waals surface area contributed by atoms with E-state index in [0.29, 0.717) is 5.56 Å². The third-order valence-electron chi connectivity index (χ3n) is 10.6. The molecule has 0 bridgehead atoms. The van der Waals surface area contributed by atoms with Gasteiger partial charge in [-0.25, -0.2) is 0 Å². The van der Waals surface area contributed by atoms with E-state index < -0.39 is 6.04 Å². The molecule has 0 fully saturated rings. The number of benzene rings is 9. The molecule has 0 unspecified atom stereocenters. The van der Waals surface area contributed by atoms with Gasteiger partial charge in [0.1, 0.15) is 0 Å². The molecule has 1 nitrogen and oxygen atoms in total. The number of rotatable bonds is 6. The number of thiophene rings is 2. The first-order valence-electron chi connectivity index (χ1n) is 20.8.